The molecule has 3 rings (SSSR count). The number of rotatable bonds is 1. The smallest absolute Gasteiger partial charge is 0.123 e. The van der Waals surface area contributed by atoms with Gasteiger partial charge in [-0.05, 0) is 30.3 Å². The summed E-state index contributed by atoms with van der Waals surface area (Å²) in [5, 5.41) is 10.6. The molecular weight excluding hydrogens is 226 g/mol. The Bertz CT molecular complexity index is 714. The van der Waals surface area contributed by atoms with Gasteiger partial charge in [0.15, 0.2) is 0 Å². The lowest BCUT2D eigenvalue weighted by molar-refractivity contribution is 0.476. The van der Waals surface area contributed by atoms with Gasteiger partial charge in [-0.1, -0.05) is 0 Å². The van der Waals surface area contributed by atoms with E-state index < -0.39 is 0 Å². The number of anilines is 1. The van der Waals surface area contributed by atoms with E-state index in [2.05, 4.69) is 11.1 Å². The molecule has 3 N–H and O–H groups in total. The van der Waals surface area contributed by atoms with Crippen LogP contribution in [0.1, 0.15) is 0 Å². The van der Waals surface area contributed by atoms with Crippen molar-refractivity contribution >= 4 is 16.7 Å². The zero-order valence-electron chi connectivity index (χ0n) is 9.96. The Hall–Kier alpha value is -2.49. The average Bonchev–Trinajstić information content (AvgIpc) is 2.68. The maximum atomic E-state index is 9.53. The molecule has 0 amide bonds. The molecule has 0 atom stereocenters. The van der Waals surface area contributed by atoms with Crippen LogP contribution in [0.3, 0.4) is 0 Å². The highest BCUT2D eigenvalue weighted by atomic mass is 16.3. The lowest BCUT2D eigenvalue weighted by atomic mass is 10.2. The number of nitrogens with two attached hydrogens (primary N) is 1. The van der Waals surface area contributed by atoms with E-state index in [0.717, 1.165) is 22.2 Å². The molecule has 2 heterocycles. The van der Waals surface area contributed by atoms with E-state index in [-0.39, 0.29) is 5.75 Å². The fraction of sp³-hybridized carbons (Fsp3) is 0.0714. The molecule has 4 nitrogen and oxygen atoms in total. The van der Waals surface area contributed by atoms with Gasteiger partial charge in [-0.15, -0.1) is 0 Å². The summed E-state index contributed by atoms with van der Waals surface area (Å²) in [5.41, 5.74) is 8.62. The lowest BCUT2D eigenvalue weighted by Crippen LogP contribution is -1.93. The van der Waals surface area contributed by atoms with E-state index in [1.54, 1.807) is 24.4 Å². The second-order valence-corrected chi connectivity index (χ2v) is 4.30. The van der Waals surface area contributed by atoms with Crippen LogP contribution in [-0.2, 0) is 7.05 Å². The zero-order valence-corrected chi connectivity index (χ0v) is 9.96. The molecule has 0 spiro atoms. The van der Waals surface area contributed by atoms with E-state index >= 15 is 0 Å². The molecule has 90 valence electrons. The van der Waals surface area contributed by atoms with Gasteiger partial charge in [0.05, 0.1) is 11.2 Å². The van der Waals surface area contributed by atoms with Gasteiger partial charge in [0.2, 0.25) is 0 Å². The molecule has 0 bridgehead atoms. The van der Waals surface area contributed by atoms with Gasteiger partial charge in [0.25, 0.3) is 0 Å². The monoisotopic (exact) mass is 239 g/mol. The Morgan fingerprint density at radius 3 is 2.72 bits per heavy atom. The van der Waals surface area contributed by atoms with Crippen LogP contribution >= 0.6 is 0 Å². The molecule has 0 radical (unpaired) electrons. The van der Waals surface area contributed by atoms with Crippen LogP contribution in [-0.4, -0.2) is 14.7 Å². The van der Waals surface area contributed by atoms with Gasteiger partial charge in [-0.2, -0.15) is 0 Å². The van der Waals surface area contributed by atoms with Gasteiger partial charge in [-0.25, -0.2) is 4.98 Å². The molecular formula is C14H13N3O. The molecule has 0 unspecified atom stereocenters. The maximum Gasteiger partial charge on any atom is 0.123 e. The molecule has 0 fully saturated rings. The number of aromatic nitrogens is 2. The average molecular weight is 239 g/mol. The van der Waals surface area contributed by atoms with Crippen LogP contribution in [0.2, 0.25) is 0 Å². The number of phenolic OH excluding ortho intramolecular Hbond substituents is 1. The minimum Gasteiger partial charge on any atom is -0.508 e. The lowest BCUT2D eigenvalue weighted by Gasteiger charge is -2.04. The van der Waals surface area contributed by atoms with E-state index in [9.17, 15) is 5.11 Å². The predicted octanol–water partition coefficient (Wildman–Crippen LogP) is 2.53. The number of pyridine rings is 1. The molecule has 0 aliphatic carbocycles. The largest absolute Gasteiger partial charge is 0.508 e. The number of nitrogens with zero attached hydrogens (tertiary/aromatic N) is 2. The minimum absolute atomic E-state index is 0.269. The molecule has 3 aromatic rings. The topological polar surface area (TPSA) is 64.1 Å². The highest BCUT2D eigenvalue weighted by Crippen LogP contribution is 2.29. The summed E-state index contributed by atoms with van der Waals surface area (Å²) in [5.74, 6) is 0.779. The minimum atomic E-state index is 0.269. The summed E-state index contributed by atoms with van der Waals surface area (Å²) in [6.07, 6.45) is 1.75. The van der Waals surface area contributed by atoms with Crippen LogP contribution in [0.4, 0.5) is 5.82 Å². The molecule has 0 saturated heterocycles. The third-order valence-corrected chi connectivity index (χ3v) is 3.11. The molecule has 4 heteroatoms. The van der Waals surface area contributed by atoms with Gasteiger partial charge in [0, 0.05) is 30.3 Å². The van der Waals surface area contributed by atoms with Gasteiger partial charge in [-0.3, -0.25) is 0 Å². The fourth-order valence-corrected chi connectivity index (χ4v) is 2.15. The van der Waals surface area contributed by atoms with Crippen molar-refractivity contribution in [3.05, 3.63) is 42.6 Å². The van der Waals surface area contributed by atoms with Crippen molar-refractivity contribution in [1.82, 2.24) is 9.55 Å². The normalized spacial score (nSPS) is 10.9. The first-order chi connectivity index (χ1) is 8.65. The molecule has 2 aromatic heterocycles. The van der Waals surface area contributed by atoms with Crippen LogP contribution in [0, 0.1) is 0 Å². The van der Waals surface area contributed by atoms with Gasteiger partial charge in [0.1, 0.15) is 11.6 Å². The molecule has 18 heavy (non-hydrogen) atoms. The Kier molecular flexibility index (Phi) is 2.23. The number of nitrogen functional groups attached to an aromatic ring is 1. The third kappa shape index (κ3) is 1.59. The van der Waals surface area contributed by atoms with E-state index in [0.29, 0.717) is 5.82 Å². The van der Waals surface area contributed by atoms with Crippen molar-refractivity contribution in [3.8, 4) is 17.0 Å². The summed E-state index contributed by atoms with van der Waals surface area (Å²) >= 11 is 0. The third-order valence-electron chi connectivity index (χ3n) is 3.11. The fourth-order valence-electron chi connectivity index (χ4n) is 2.15. The van der Waals surface area contributed by atoms with Crippen molar-refractivity contribution < 1.29 is 5.11 Å². The van der Waals surface area contributed by atoms with E-state index in [1.165, 1.54) is 0 Å². The highest BCUT2D eigenvalue weighted by molar-refractivity contribution is 5.87. The van der Waals surface area contributed by atoms with Crippen molar-refractivity contribution in [1.29, 1.82) is 0 Å². The first kappa shape index (κ1) is 10.7. The van der Waals surface area contributed by atoms with E-state index in [4.69, 9.17) is 5.73 Å². The Morgan fingerprint density at radius 2 is 2.00 bits per heavy atom. The second-order valence-electron chi connectivity index (χ2n) is 4.30. The summed E-state index contributed by atoms with van der Waals surface area (Å²) in [6, 6.07) is 11.1. The number of hydrogen-bond acceptors (Lipinski definition) is 3. The number of phenols is 1. The maximum absolute atomic E-state index is 9.53. The highest BCUT2D eigenvalue weighted by Gasteiger charge is 2.08. The van der Waals surface area contributed by atoms with Crippen LogP contribution in [0.15, 0.2) is 42.6 Å². The summed E-state index contributed by atoms with van der Waals surface area (Å²) < 4.78 is 2.03. The summed E-state index contributed by atoms with van der Waals surface area (Å²) in [7, 11) is 1.97. The molecule has 0 saturated carbocycles. The number of hydrogen-bond donors (Lipinski definition) is 2. The SMILES string of the molecule is Cn1c(-c2ccc(N)nc2)cc2ccc(O)cc21. The zero-order chi connectivity index (χ0) is 12.7. The quantitative estimate of drug-likeness (QED) is 0.685. The first-order valence-electron chi connectivity index (χ1n) is 5.65. The number of fused-ring (bicyclic) bond motifs is 1. The Balaban J connectivity index is 2.23. The summed E-state index contributed by atoms with van der Waals surface area (Å²) in [6.45, 7) is 0. The predicted molar refractivity (Wildman–Crippen MR) is 72.2 cm³/mol. The Labute approximate surface area is 104 Å². The van der Waals surface area contributed by atoms with Crippen molar-refractivity contribution in [2.24, 2.45) is 7.05 Å². The molecule has 0 aliphatic rings. The van der Waals surface area contributed by atoms with Crippen LogP contribution in [0.25, 0.3) is 22.2 Å². The number of aryl methyl sites for hydroxylation is 1. The number of benzene rings is 1. The molecule has 1 aromatic carbocycles. The Morgan fingerprint density at radius 1 is 1.17 bits per heavy atom. The molecule has 0 aliphatic heterocycles. The van der Waals surface area contributed by atoms with E-state index in [1.807, 2.05) is 23.7 Å². The standard InChI is InChI=1S/C14H13N3O/c1-17-12(10-3-5-14(15)16-8-10)6-9-2-4-11(18)7-13(9)17/h2-8,18H,1H3,(H2,15,16). The first-order valence-corrected chi connectivity index (χ1v) is 5.65. The van der Waals surface area contributed by atoms with Gasteiger partial charge >= 0.3 is 0 Å². The summed E-state index contributed by atoms with van der Waals surface area (Å²) in [4.78, 5) is 4.10. The van der Waals surface area contributed by atoms with Crippen molar-refractivity contribution in [2.45, 2.75) is 0 Å². The van der Waals surface area contributed by atoms with Crippen molar-refractivity contribution in [3.63, 3.8) is 0 Å². The van der Waals surface area contributed by atoms with Crippen LogP contribution in [0.5, 0.6) is 5.75 Å². The second kappa shape index (κ2) is 3.77. The van der Waals surface area contributed by atoms with Crippen molar-refractivity contribution in [2.75, 3.05) is 5.73 Å². The van der Waals surface area contributed by atoms with Crippen LogP contribution < -0.4 is 5.73 Å². The van der Waals surface area contributed by atoms with Gasteiger partial charge < -0.3 is 15.4 Å². The number of aromatic hydroxyl groups is 1.